The van der Waals surface area contributed by atoms with Gasteiger partial charge in [-0.3, -0.25) is 4.79 Å². The molecule has 0 amide bonds. The van der Waals surface area contributed by atoms with E-state index < -0.39 is 6.36 Å². The van der Waals surface area contributed by atoms with Crippen LogP contribution in [-0.4, -0.2) is 24.0 Å². The molecule has 0 unspecified atom stereocenters. The van der Waals surface area contributed by atoms with E-state index in [0.29, 0.717) is 17.9 Å². The maximum Gasteiger partial charge on any atom is 0.573 e. The lowest BCUT2D eigenvalue weighted by Crippen LogP contribution is -2.60. The lowest BCUT2D eigenvalue weighted by atomic mass is 9.58. The molecule has 0 atom stereocenters. The average Bonchev–Trinajstić information content (AvgIpc) is 2.22. The van der Waals surface area contributed by atoms with E-state index in [9.17, 15) is 18.0 Å². The summed E-state index contributed by atoms with van der Waals surface area (Å²) in [6.45, 7) is 2.47. The minimum Gasteiger partial charge on any atom is -0.404 e. The van der Waals surface area contributed by atoms with Crippen LogP contribution in [0.1, 0.15) is 12.8 Å². The monoisotopic (exact) mass is 288 g/mol. The Balaban J connectivity index is 1.66. The minimum absolute atomic E-state index is 0.299. The van der Waals surface area contributed by atoms with Gasteiger partial charge in [0.2, 0.25) is 0 Å². The van der Waals surface area contributed by atoms with Crippen molar-refractivity contribution in [3.05, 3.63) is 28.7 Å². The summed E-state index contributed by atoms with van der Waals surface area (Å²) in [6, 6.07) is 2.16. The predicted octanol–water partition coefficient (Wildman–Crippen LogP) is 1.75. The highest BCUT2D eigenvalue weighted by atomic mass is 19.4. The van der Waals surface area contributed by atoms with Crippen LogP contribution in [0.5, 0.6) is 5.75 Å². The van der Waals surface area contributed by atoms with Gasteiger partial charge in [0, 0.05) is 31.9 Å². The van der Waals surface area contributed by atoms with Gasteiger partial charge in [0.25, 0.3) is 5.56 Å². The second kappa shape index (κ2) is 4.51. The van der Waals surface area contributed by atoms with Crippen molar-refractivity contribution in [3.8, 4) is 5.75 Å². The van der Waals surface area contributed by atoms with Crippen molar-refractivity contribution >= 4 is 0 Å². The van der Waals surface area contributed by atoms with Crippen molar-refractivity contribution in [1.29, 1.82) is 0 Å². The number of ether oxygens (including phenoxy) is 1. The first-order valence-electron chi connectivity index (χ1n) is 6.52. The van der Waals surface area contributed by atoms with E-state index in [0.717, 1.165) is 44.3 Å². The van der Waals surface area contributed by atoms with E-state index in [2.05, 4.69) is 10.1 Å². The highest BCUT2D eigenvalue weighted by Gasteiger charge is 2.48. The van der Waals surface area contributed by atoms with E-state index in [-0.39, 0.29) is 11.3 Å². The highest BCUT2D eigenvalue weighted by molar-refractivity contribution is 5.17. The van der Waals surface area contributed by atoms with Crippen molar-refractivity contribution in [2.24, 2.45) is 11.3 Å². The SMILES string of the molecule is O=c1ccc(OC(F)(F)F)cn1CC1CC2(CNC2)C1. The van der Waals surface area contributed by atoms with Gasteiger partial charge >= 0.3 is 6.36 Å². The first-order valence-corrected chi connectivity index (χ1v) is 6.52. The zero-order valence-electron chi connectivity index (χ0n) is 10.7. The number of aromatic nitrogens is 1. The molecule has 2 heterocycles. The molecule has 1 aliphatic heterocycles. The van der Waals surface area contributed by atoms with Crippen molar-refractivity contribution in [2.45, 2.75) is 25.7 Å². The second-order valence-corrected chi connectivity index (χ2v) is 5.78. The fraction of sp³-hybridized carbons (Fsp3) is 0.615. The van der Waals surface area contributed by atoms with Gasteiger partial charge in [-0.05, 0) is 30.2 Å². The molecule has 1 saturated carbocycles. The van der Waals surface area contributed by atoms with Gasteiger partial charge in [-0.25, -0.2) is 0 Å². The Morgan fingerprint density at radius 2 is 2.05 bits per heavy atom. The fourth-order valence-electron chi connectivity index (χ4n) is 3.19. The predicted molar refractivity (Wildman–Crippen MR) is 65.4 cm³/mol. The normalized spacial score (nSPS) is 21.4. The number of alkyl halides is 3. The quantitative estimate of drug-likeness (QED) is 0.921. The summed E-state index contributed by atoms with van der Waals surface area (Å²) < 4.78 is 41.6. The molecule has 7 heteroatoms. The molecule has 0 radical (unpaired) electrons. The number of rotatable bonds is 3. The molecule has 4 nitrogen and oxygen atoms in total. The summed E-state index contributed by atoms with van der Waals surface area (Å²) in [6.07, 6.45) is -1.55. The summed E-state index contributed by atoms with van der Waals surface area (Å²) in [7, 11) is 0. The molecule has 1 spiro atoms. The van der Waals surface area contributed by atoms with Crippen LogP contribution in [0.15, 0.2) is 23.1 Å². The van der Waals surface area contributed by atoms with Crippen LogP contribution in [0.2, 0.25) is 0 Å². The lowest BCUT2D eigenvalue weighted by molar-refractivity contribution is -0.274. The summed E-state index contributed by atoms with van der Waals surface area (Å²) >= 11 is 0. The Morgan fingerprint density at radius 1 is 1.35 bits per heavy atom. The summed E-state index contributed by atoms with van der Waals surface area (Å²) in [5, 5.41) is 3.22. The van der Waals surface area contributed by atoms with Gasteiger partial charge in [-0.15, -0.1) is 13.2 Å². The van der Waals surface area contributed by atoms with Gasteiger partial charge < -0.3 is 14.6 Å². The van der Waals surface area contributed by atoms with Crippen molar-refractivity contribution in [1.82, 2.24) is 9.88 Å². The Hall–Kier alpha value is -1.50. The first-order chi connectivity index (χ1) is 9.35. The van der Waals surface area contributed by atoms with Gasteiger partial charge in [-0.1, -0.05) is 0 Å². The molecule has 2 fully saturated rings. The molecule has 3 rings (SSSR count). The fourth-order valence-corrected chi connectivity index (χ4v) is 3.19. The molecule has 110 valence electrons. The number of nitrogens with one attached hydrogen (secondary N) is 1. The van der Waals surface area contributed by atoms with Crippen LogP contribution in [0.25, 0.3) is 0 Å². The molecular weight excluding hydrogens is 273 g/mol. The molecule has 1 aromatic rings. The van der Waals surface area contributed by atoms with Gasteiger partial charge in [0.1, 0.15) is 5.75 Å². The highest BCUT2D eigenvalue weighted by Crippen LogP contribution is 2.48. The maximum absolute atomic E-state index is 12.2. The summed E-state index contributed by atoms with van der Waals surface area (Å²) in [4.78, 5) is 11.7. The average molecular weight is 288 g/mol. The van der Waals surface area contributed by atoms with E-state index >= 15 is 0 Å². The lowest BCUT2D eigenvalue weighted by Gasteiger charge is -2.54. The van der Waals surface area contributed by atoms with Crippen LogP contribution in [0.3, 0.4) is 0 Å². The van der Waals surface area contributed by atoms with E-state index in [4.69, 9.17) is 0 Å². The number of pyridine rings is 1. The Bertz CT molecular complexity index is 555. The molecule has 20 heavy (non-hydrogen) atoms. The van der Waals surface area contributed by atoms with Crippen LogP contribution in [0, 0.1) is 11.3 Å². The molecule has 0 aromatic carbocycles. The van der Waals surface area contributed by atoms with Gasteiger partial charge in [0.15, 0.2) is 0 Å². The Kier molecular flexibility index (Phi) is 3.04. The van der Waals surface area contributed by atoms with Gasteiger partial charge in [-0.2, -0.15) is 0 Å². The smallest absolute Gasteiger partial charge is 0.404 e. The van der Waals surface area contributed by atoms with Crippen molar-refractivity contribution < 1.29 is 17.9 Å². The minimum atomic E-state index is -4.74. The zero-order chi connectivity index (χ0) is 14.4. The molecule has 1 aromatic heterocycles. The third-order valence-corrected chi connectivity index (χ3v) is 4.09. The van der Waals surface area contributed by atoms with E-state index in [1.807, 2.05) is 0 Å². The topological polar surface area (TPSA) is 43.3 Å². The number of nitrogens with zero attached hydrogens (tertiary/aromatic N) is 1. The Labute approximate surface area is 113 Å². The molecule has 0 bridgehead atoms. The standard InChI is InChI=1S/C13H15F3N2O2/c14-13(15,16)20-10-1-2-11(19)18(6-10)5-9-3-12(4-9)7-17-8-12/h1-2,6,9,17H,3-5,7-8H2. The molecule has 1 saturated heterocycles. The number of halogens is 3. The Morgan fingerprint density at radius 3 is 2.60 bits per heavy atom. The third-order valence-electron chi connectivity index (χ3n) is 4.09. The molecular formula is C13H15F3N2O2. The zero-order valence-corrected chi connectivity index (χ0v) is 10.7. The van der Waals surface area contributed by atoms with Crippen LogP contribution in [-0.2, 0) is 6.54 Å². The maximum atomic E-state index is 12.2. The largest absolute Gasteiger partial charge is 0.573 e. The molecule has 2 aliphatic rings. The number of hydrogen-bond acceptors (Lipinski definition) is 3. The van der Waals surface area contributed by atoms with Crippen LogP contribution < -0.4 is 15.6 Å². The third kappa shape index (κ3) is 2.67. The van der Waals surface area contributed by atoms with Crippen LogP contribution >= 0.6 is 0 Å². The van der Waals surface area contributed by atoms with Gasteiger partial charge in [0.05, 0.1) is 0 Å². The van der Waals surface area contributed by atoms with Crippen molar-refractivity contribution in [3.63, 3.8) is 0 Å². The van der Waals surface area contributed by atoms with Crippen LogP contribution in [0.4, 0.5) is 13.2 Å². The molecule has 1 N–H and O–H groups in total. The number of hydrogen-bond donors (Lipinski definition) is 1. The second-order valence-electron chi connectivity index (χ2n) is 5.78. The first kappa shape index (κ1) is 13.5. The molecule has 1 aliphatic carbocycles. The summed E-state index contributed by atoms with van der Waals surface area (Å²) in [5.41, 5.74) is 0.0844. The van der Waals surface area contributed by atoms with Crippen molar-refractivity contribution in [2.75, 3.05) is 13.1 Å². The van der Waals surface area contributed by atoms with E-state index in [1.54, 1.807) is 0 Å². The van der Waals surface area contributed by atoms with E-state index in [1.165, 1.54) is 4.57 Å². The summed E-state index contributed by atoms with van der Waals surface area (Å²) in [5.74, 6) is 0.00684.